The number of hydrogen-bond acceptors (Lipinski definition) is 5. The summed E-state index contributed by atoms with van der Waals surface area (Å²) in [5.41, 5.74) is 0.902. The van der Waals surface area contributed by atoms with E-state index in [1.807, 2.05) is 0 Å². The second kappa shape index (κ2) is 9.76. The molecule has 156 valence electrons. The average Bonchev–Trinajstić information content (AvgIpc) is 2.71. The Morgan fingerprint density at radius 3 is 2.55 bits per heavy atom. The van der Waals surface area contributed by atoms with E-state index < -0.39 is 24.9 Å². The molecule has 1 amide bonds. The first-order chi connectivity index (χ1) is 13.7. The van der Waals surface area contributed by atoms with Crippen molar-refractivity contribution in [3.05, 3.63) is 48.2 Å². The fourth-order valence-electron chi connectivity index (χ4n) is 2.08. The number of methoxy groups -OCH3 is 2. The van der Waals surface area contributed by atoms with E-state index in [0.717, 1.165) is 6.20 Å². The van der Waals surface area contributed by atoms with Crippen LogP contribution in [-0.4, -0.2) is 44.1 Å². The highest BCUT2D eigenvalue weighted by atomic mass is 19.3. The number of ether oxygens (including phenoxy) is 3. The first-order valence-corrected chi connectivity index (χ1v) is 8.21. The Kier molecular flexibility index (Phi) is 7.40. The first-order valence-electron chi connectivity index (χ1n) is 8.21. The SMILES string of the molecule is COc1ccc(C=CC(=O)Nc2ccc(OCC(F)(F)C(F)F)nc2)c(OC)c1. The molecule has 0 fully saturated rings. The normalized spacial score (nSPS) is 11.6. The van der Waals surface area contributed by atoms with Crippen LogP contribution in [0.5, 0.6) is 17.4 Å². The van der Waals surface area contributed by atoms with Crippen LogP contribution in [0.3, 0.4) is 0 Å². The third-order valence-electron chi connectivity index (χ3n) is 3.59. The smallest absolute Gasteiger partial charge is 0.340 e. The maximum Gasteiger partial charge on any atom is 0.340 e. The number of amides is 1. The molecule has 1 aromatic heterocycles. The molecular weight excluding hydrogens is 396 g/mol. The molecule has 29 heavy (non-hydrogen) atoms. The van der Waals surface area contributed by atoms with Crippen LogP contribution in [0.15, 0.2) is 42.6 Å². The number of carbonyl (C=O) groups excluding carboxylic acids is 1. The third kappa shape index (κ3) is 6.37. The number of nitrogens with zero attached hydrogens (tertiary/aromatic N) is 1. The third-order valence-corrected chi connectivity index (χ3v) is 3.59. The summed E-state index contributed by atoms with van der Waals surface area (Å²) in [4.78, 5) is 15.7. The maximum atomic E-state index is 12.8. The molecule has 0 aliphatic rings. The fraction of sp³-hybridized carbons (Fsp3) is 0.263. The van der Waals surface area contributed by atoms with Crippen molar-refractivity contribution in [2.45, 2.75) is 12.3 Å². The quantitative estimate of drug-likeness (QED) is 0.496. The summed E-state index contributed by atoms with van der Waals surface area (Å²) < 4.78 is 64.7. The van der Waals surface area contributed by atoms with Gasteiger partial charge >= 0.3 is 12.3 Å². The second-order valence-electron chi connectivity index (χ2n) is 5.67. The Labute approximate surface area is 164 Å². The number of hydrogen-bond donors (Lipinski definition) is 1. The number of nitrogens with one attached hydrogen (secondary N) is 1. The topological polar surface area (TPSA) is 69.7 Å². The molecule has 0 atom stereocenters. The van der Waals surface area contributed by atoms with Gasteiger partial charge in [-0.1, -0.05) is 0 Å². The molecule has 1 aromatic carbocycles. The van der Waals surface area contributed by atoms with Crippen LogP contribution < -0.4 is 19.5 Å². The minimum Gasteiger partial charge on any atom is -0.497 e. The molecular formula is C19H18F4N2O4. The van der Waals surface area contributed by atoms with Crippen LogP contribution in [0.2, 0.25) is 0 Å². The molecule has 2 rings (SSSR count). The Bertz CT molecular complexity index is 858. The lowest BCUT2D eigenvalue weighted by molar-refractivity contribution is -0.148. The van der Waals surface area contributed by atoms with Crippen LogP contribution in [0.1, 0.15) is 5.56 Å². The standard InChI is InChI=1S/C19H18F4N2O4/c1-27-14-6-3-12(15(9-14)28-2)4-7-16(26)25-13-5-8-17(24-10-13)29-11-19(22,23)18(20)21/h3-10,18H,11H2,1-2H3,(H,25,26). The van der Waals surface area contributed by atoms with Crippen molar-refractivity contribution in [1.29, 1.82) is 0 Å². The van der Waals surface area contributed by atoms with Gasteiger partial charge in [-0.05, 0) is 24.3 Å². The van der Waals surface area contributed by atoms with E-state index in [2.05, 4.69) is 15.0 Å². The van der Waals surface area contributed by atoms with E-state index in [1.54, 1.807) is 18.2 Å². The lowest BCUT2D eigenvalue weighted by atomic mass is 10.1. The summed E-state index contributed by atoms with van der Waals surface area (Å²) in [6.07, 6.45) is 0.107. The number of aromatic nitrogens is 1. The largest absolute Gasteiger partial charge is 0.497 e. The number of anilines is 1. The van der Waals surface area contributed by atoms with Gasteiger partial charge in [0, 0.05) is 23.8 Å². The number of halogens is 4. The van der Waals surface area contributed by atoms with Gasteiger partial charge in [0.05, 0.1) is 26.1 Å². The average molecular weight is 414 g/mol. The van der Waals surface area contributed by atoms with Crippen molar-refractivity contribution >= 4 is 17.7 Å². The Morgan fingerprint density at radius 1 is 1.21 bits per heavy atom. The zero-order chi connectivity index (χ0) is 21.4. The molecule has 10 heteroatoms. The highest BCUT2D eigenvalue weighted by Crippen LogP contribution is 2.26. The van der Waals surface area contributed by atoms with Crippen LogP contribution in [0.25, 0.3) is 6.08 Å². The van der Waals surface area contributed by atoms with E-state index >= 15 is 0 Å². The second-order valence-corrected chi connectivity index (χ2v) is 5.67. The monoisotopic (exact) mass is 414 g/mol. The van der Waals surface area contributed by atoms with Crippen molar-refractivity contribution < 1.29 is 36.6 Å². The van der Waals surface area contributed by atoms with E-state index in [9.17, 15) is 22.4 Å². The van der Waals surface area contributed by atoms with Crippen molar-refractivity contribution in [1.82, 2.24) is 4.98 Å². The van der Waals surface area contributed by atoms with E-state index in [-0.39, 0.29) is 11.6 Å². The van der Waals surface area contributed by atoms with Crippen LogP contribution in [0, 0.1) is 0 Å². The van der Waals surface area contributed by atoms with E-state index in [4.69, 9.17) is 9.47 Å². The van der Waals surface area contributed by atoms with Gasteiger partial charge in [-0.2, -0.15) is 8.78 Å². The molecule has 1 heterocycles. The molecule has 0 spiro atoms. The van der Waals surface area contributed by atoms with E-state index in [1.165, 1.54) is 38.5 Å². The first kappa shape index (κ1) is 22.0. The zero-order valence-corrected chi connectivity index (χ0v) is 15.5. The van der Waals surface area contributed by atoms with Gasteiger partial charge in [0.2, 0.25) is 11.8 Å². The predicted molar refractivity (Wildman–Crippen MR) is 97.9 cm³/mol. The minimum atomic E-state index is -4.28. The lowest BCUT2D eigenvalue weighted by Crippen LogP contribution is -2.33. The molecule has 0 aliphatic heterocycles. The molecule has 1 N–H and O–H groups in total. The van der Waals surface area contributed by atoms with Gasteiger partial charge in [0.1, 0.15) is 11.5 Å². The van der Waals surface area contributed by atoms with Crippen molar-refractivity contribution in [3.8, 4) is 17.4 Å². The number of alkyl halides is 4. The summed E-state index contributed by atoms with van der Waals surface area (Å²) in [5, 5.41) is 2.51. The van der Waals surface area contributed by atoms with Crippen molar-refractivity contribution in [3.63, 3.8) is 0 Å². The Morgan fingerprint density at radius 2 is 1.97 bits per heavy atom. The molecule has 0 saturated carbocycles. The highest BCUT2D eigenvalue weighted by molar-refractivity contribution is 6.02. The molecule has 0 radical (unpaired) electrons. The molecule has 0 unspecified atom stereocenters. The molecule has 2 aromatic rings. The van der Waals surface area contributed by atoms with Crippen LogP contribution in [0.4, 0.5) is 23.2 Å². The van der Waals surface area contributed by atoms with Crippen molar-refractivity contribution in [2.24, 2.45) is 0 Å². The van der Waals surface area contributed by atoms with Crippen LogP contribution in [-0.2, 0) is 4.79 Å². The Hall–Kier alpha value is -3.30. The molecule has 0 saturated heterocycles. The van der Waals surface area contributed by atoms with Gasteiger partial charge in [-0.3, -0.25) is 4.79 Å². The number of benzene rings is 1. The van der Waals surface area contributed by atoms with Gasteiger partial charge in [0.15, 0.2) is 6.61 Å². The Balaban J connectivity index is 1.95. The van der Waals surface area contributed by atoms with Gasteiger partial charge < -0.3 is 19.5 Å². The predicted octanol–water partition coefficient (Wildman–Crippen LogP) is 4.03. The molecule has 0 bridgehead atoms. The van der Waals surface area contributed by atoms with Crippen LogP contribution >= 0.6 is 0 Å². The highest BCUT2D eigenvalue weighted by Gasteiger charge is 2.41. The van der Waals surface area contributed by atoms with Gasteiger partial charge in [-0.25, -0.2) is 13.8 Å². The summed E-state index contributed by atoms with van der Waals surface area (Å²) in [6.45, 7) is -1.50. The van der Waals surface area contributed by atoms with Gasteiger partial charge in [0.25, 0.3) is 0 Å². The number of pyridine rings is 1. The fourth-order valence-corrected chi connectivity index (χ4v) is 2.08. The minimum absolute atomic E-state index is 0.259. The summed E-state index contributed by atoms with van der Waals surface area (Å²) in [7, 11) is 3.01. The van der Waals surface area contributed by atoms with Crippen molar-refractivity contribution in [2.75, 3.05) is 26.1 Å². The number of carbonyl (C=O) groups is 1. The maximum absolute atomic E-state index is 12.8. The summed E-state index contributed by atoms with van der Waals surface area (Å²) in [5.74, 6) is -3.92. The lowest BCUT2D eigenvalue weighted by Gasteiger charge is -2.15. The summed E-state index contributed by atoms with van der Waals surface area (Å²) in [6, 6.07) is 7.60. The van der Waals surface area contributed by atoms with Gasteiger partial charge in [-0.15, -0.1) is 0 Å². The molecule has 0 aliphatic carbocycles. The number of rotatable bonds is 9. The zero-order valence-electron chi connectivity index (χ0n) is 15.5. The molecule has 6 nitrogen and oxygen atoms in total. The summed E-state index contributed by atoms with van der Waals surface area (Å²) >= 11 is 0. The van der Waals surface area contributed by atoms with E-state index in [0.29, 0.717) is 17.1 Å².